The van der Waals surface area contributed by atoms with Crippen LogP contribution < -0.4 is 5.56 Å². The van der Waals surface area contributed by atoms with Crippen molar-refractivity contribution < 1.29 is 14.1 Å². The molecule has 136 valence electrons. The monoisotopic (exact) mass is 383 g/mol. The van der Waals surface area contributed by atoms with Crippen molar-refractivity contribution in [3.05, 3.63) is 57.3 Å². The van der Waals surface area contributed by atoms with Crippen LogP contribution in [0.3, 0.4) is 0 Å². The fourth-order valence-electron chi connectivity index (χ4n) is 2.40. The molecular weight excluding hydrogens is 370 g/mol. The normalized spacial score (nSPS) is 11.0. The molecular formula is C17H13N5O4S. The van der Waals surface area contributed by atoms with E-state index < -0.39 is 5.97 Å². The SMILES string of the molecule is O=C(CCn1nnc2ccccc2c1=O)OCc1nc(-c2ccsc2)no1. The van der Waals surface area contributed by atoms with Gasteiger partial charge in [-0.1, -0.05) is 22.5 Å². The molecule has 0 radical (unpaired) electrons. The lowest BCUT2D eigenvalue weighted by molar-refractivity contribution is -0.146. The van der Waals surface area contributed by atoms with Crippen LogP contribution >= 0.6 is 11.3 Å². The van der Waals surface area contributed by atoms with Crippen molar-refractivity contribution in [1.29, 1.82) is 0 Å². The molecule has 0 aliphatic rings. The van der Waals surface area contributed by atoms with Gasteiger partial charge in [0.15, 0.2) is 6.61 Å². The summed E-state index contributed by atoms with van der Waals surface area (Å²) in [6.07, 6.45) is -0.0293. The number of rotatable bonds is 6. The van der Waals surface area contributed by atoms with Gasteiger partial charge in [0, 0.05) is 10.9 Å². The maximum absolute atomic E-state index is 12.3. The Morgan fingerprint density at radius 2 is 2.15 bits per heavy atom. The molecule has 4 aromatic rings. The molecule has 1 aromatic carbocycles. The molecule has 3 heterocycles. The van der Waals surface area contributed by atoms with Crippen LogP contribution in [0.25, 0.3) is 22.3 Å². The standard InChI is InChI=1S/C17H13N5O4S/c23-15(25-9-14-18-16(20-26-14)11-6-8-27-10-11)5-7-22-17(24)12-3-1-2-4-13(12)19-21-22/h1-4,6,8,10H,5,7,9H2. The lowest BCUT2D eigenvalue weighted by atomic mass is 10.2. The Hall–Kier alpha value is -3.40. The number of benzene rings is 1. The first kappa shape index (κ1) is 17.0. The lowest BCUT2D eigenvalue weighted by Crippen LogP contribution is -2.25. The summed E-state index contributed by atoms with van der Waals surface area (Å²) in [6, 6.07) is 8.77. The molecule has 0 spiro atoms. The van der Waals surface area contributed by atoms with E-state index in [0.29, 0.717) is 16.7 Å². The zero-order valence-electron chi connectivity index (χ0n) is 13.9. The van der Waals surface area contributed by atoms with Gasteiger partial charge >= 0.3 is 5.97 Å². The number of carbonyl (C=O) groups is 1. The number of hydrogen-bond donors (Lipinski definition) is 0. The Balaban J connectivity index is 1.34. The third kappa shape index (κ3) is 3.75. The predicted molar refractivity (Wildman–Crippen MR) is 95.8 cm³/mol. The number of aromatic nitrogens is 5. The van der Waals surface area contributed by atoms with Gasteiger partial charge in [-0.3, -0.25) is 9.59 Å². The zero-order valence-corrected chi connectivity index (χ0v) is 14.8. The highest BCUT2D eigenvalue weighted by molar-refractivity contribution is 7.08. The Labute approximate surface area is 156 Å². The number of ether oxygens (including phenoxy) is 1. The summed E-state index contributed by atoms with van der Waals surface area (Å²) in [5.74, 6) is 0.139. The van der Waals surface area contributed by atoms with Crippen molar-refractivity contribution in [2.24, 2.45) is 0 Å². The Morgan fingerprint density at radius 1 is 1.26 bits per heavy atom. The second-order valence-corrected chi connectivity index (χ2v) is 6.35. The molecule has 0 saturated carbocycles. The lowest BCUT2D eigenvalue weighted by Gasteiger charge is -2.04. The average Bonchev–Trinajstić information content (AvgIpc) is 3.37. The van der Waals surface area contributed by atoms with Crippen LogP contribution in [0.5, 0.6) is 0 Å². The molecule has 3 aromatic heterocycles. The van der Waals surface area contributed by atoms with Crippen molar-refractivity contribution >= 4 is 28.2 Å². The van der Waals surface area contributed by atoms with Gasteiger partial charge in [0.05, 0.1) is 18.4 Å². The minimum atomic E-state index is -0.507. The summed E-state index contributed by atoms with van der Waals surface area (Å²) in [4.78, 5) is 28.4. The van der Waals surface area contributed by atoms with Crippen molar-refractivity contribution in [2.45, 2.75) is 19.6 Å². The van der Waals surface area contributed by atoms with Gasteiger partial charge in [-0.25, -0.2) is 4.68 Å². The summed E-state index contributed by atoms with van der Waals surface area (Å²) < 4.78 is 11.3. The summed E-state index contributed by atoms with van der Waals surface area (Å²) >= 11 is 1.52. The van der Waals surface area contributed by atoms with E-state index in [-0.39, 0.29) is 31.0 Å². The van der Waals surface area contributed by atoms with Crippen molar-refractivity contribution in [3.8, 4) is 11.4 Å². The first-order valence-electron chi connectivity index (χ1n) is 8.04. The highest BCUT2D eigenvalue weighted by Gasteiger charge is 2.12. The van der Waals surface area contributed by atoms with Gasteiger partial charge in [0.1, 0.15) is 5.52 Å². The van der Waals surface area contributed by atoms with Gasteiger partial charge in [0.25, 0.3) is 11.4 Å². The van der Waals surface area contributed by atoms with E-state index in [9.17, 15) is 9.59 Å². The summed E-state index contributed by atoms with van der Waals surface area (Å²) in [5.41, 5.74) is 1.06. The molecule has 27 heavy (non-hydrogen) atoms. The minimum Gasteiger partial charge on any atom is -0.455 e. The molecule has 0 aliphatic heterocycles. The second kappa shape index (κ2) is 7.46. The molecule has 0 saturated heterocycles. The van der Waals surface area contributed by atoms with E-state index in [4.69, 9.17) is 9.26 Å². The maximum Gasteiger partial charge on any atom is 0.308 e. The van der Waals surface area contributed by atoms with Crippen LogP contribution in [0.1, 0.15) is 12.3 Å². The average molecular weight is 383 g/mol. The maximum atomic E-state index is 12.3. The van der Waals surface area contributed by atoms with Crippen molar-refractivity contribution in [1.82, 2.24) is 25.1 Å². The number of esters is 1. The number of thiophene rings is 1. The van der Waals surface area contributed by atoms with Crippen LogP contribution in [0.2, 0.25) is 0 Å². The molecule has 0 fully saturated rings. The highest BCUT2D eigenvalue weighted by Crippen LogP contribution is 2.18. The Kier molecular flexibility index (Phi) is 4.71. The number of hydrogen-bond acceptors (Lipinski definition) is 9. The third-order valence-electron chi connectivity index (χ3n) is 3.76. The fourth-order valence-corrected chi connectivity index (χ4v) is 3.04. The van der Waals surface area contributed by atoms with Gasteiger partial charge < -0.3 is 9.26 Å². The molecule has 0 unspecified atom stereocenters. The first-order chi connectivity index (χ1) is 13.2. The molecule has 0 amide bonds. The van der Waals surface area contributed by atoms with E-state index >= 15 is 0 Å². The first-order valence-corrected chi connectivity index (χ1v) is 8.98. The number of carbonyl (C=O) groups excluding carboxylic acids is 1. The largest absolute Gasteiger partial charge is 0.455 e. The van der Waals surface area contributed by atoms with Crippen LogP contribution in [-0.4, -0.2) is 31.1 Å². The summed E-state index contributed by atoms with van der Waals surface area (Å²) in [6.45, 7) is -0.0617. The third-order valence-corrected chi connectivity index (χ3v) is 4.44. The molecule has 0 bridgehead atoms. The smallest absolute Gasteiger partial charge is 0.308 e. The van der Waals surface area contributed by atoms with Gasteiger partial charge in [-0.05, 0) is 23.6 Å². The second-order valence-electron chi connectivity index (χ2n) is 5.57. The fraction of sp³-hybridized carbons (Fsp3) is 0.176. The van der Waals surface area contributed by atoms with Crippen molar-refractivity contribution in [3.63, 3.8) is 0 Å². The van der Waals surface area contributed by atoms with Crippen molar-refractivity contribution in [2.75, 3.05) is 0 Å². The van der Waals surface area contributed by atoms with E-state index in [1.54, 1.807) is 24.3 Å². The Morgan fingerprint density at radius 3 is 3.00 bits per heavy atom. The highest BCUT2D eigenvalue weighted by atomic mass is 32.1. The van der Waals surface area contributed by atoms with E-state index in [2.05, 4.69) is 20.5 Å². The Bertz CT molecular complexity index is 1140. The molecule has 0 atom stereocenters. The topological polar surface area (TPSA) is 113 Å². The van der Waals surface area contributed by atoms with Gasteiger partial charge in [-0.2, -0.15) is 16.3 Å². The van der Waals surface area contributed by atoms with Gasteiger partial charge in [0.2, 0.25) is 5.82 Å². The summed E-state index contributed by atoms with van der Waals surface area (Å²) in [5, 5.41) is 15.9. The number of aryl methyl sites for hydroxylation is 1. The molecule has 9 nitrogen and oxygen atoms in total. The molecule has 10 heteroatoms. The quantitative estimate of drug-likeness (QED) is 0.465. The van der Waals surface area contributed by atoms with Crippen LogP contribution in [-0.2, 0) is 22.7 Å². The van der Waals surface area contributed by atoms with Crippen LogP contribution in [0.4, 0.5) is 0 Å². The number of nitrogens with zero attached hydrogens (tertiary/aromatic N) is 5. The van der Waals surface area contributed by atoms with E-state index in [0.717, 1.165) is 10.2 Å². The van der Waals surface area contributed by atoms with E-state index in [1.165, 1.54) is 11.3 Å². The summed E-state index contributed by atoms with van der Waals surface area (Å²) in [7, 11) is 0. The minimum absolute atomic E-state index is 0.0293. The van der Waals surface area contributed by atoms with Crippen LogP contribution in [0, 0.1) is 0 Å². The van der Waals surface area contributed by atoms with E-state index in [1.807, 2.05) is 16.8 Å². The van der Waals surface area contributed by atoms with Gasteiger partial charge in [-0.15, -0.1) is 5.10 Å². The molecule has 0 N–H and O–H groups in total. The predicted octanol–water partition coefficient (Wildman–Crippen LogP) is 2.04. The molecule has 0 aliphatic carbocycles. The molecule has 4 rings (SSSR count). The number of fused-ring (bicyclic) bond motifs is 1. The zero-order chi connectivity index (χ0) is 18.6. The van der Waals surface area contributed by atoms with Crippen LogP contribution in [0.15, 0.2) is 50.4 Å².